The molecule has 152 valence electrons. The van der Waals surface area contributed by atoms with Gasteiger partial charge in [0.05, 0.1) is 22.7 Å². The number of aromatic nitrogens is 3. The number of thioether (sulfide) groups is 1. The van der Waals surface area contributed by atoms with Crippen molar-refractivity contribution in [2.45, 2.75) is 56.6 Å². The van der Waals surface area contributed by atoms with Crippen LogP contribution in [0.5, 0.6) is 0 Å². The molecule has 1 atom stereocenters. The van der Waals surface area contributed by atoms with Crippen molar-refractivity contribution in [2.75, 3.05) is 0 Å². The van der Waals surface area contributed by atoms with Crippen LogP contribution in [0.2, 0.25) is 0 Å². The van der Waals surface area contributed by atoms with Gasteiger partial charge in [-0.15, -0.1) is 0 Å². The number of carbonyl (C=O) groups is 1. The first-order valence-electron chi connectivity index (χ1n) is 9.68. The number of nitrogens with zero attached hydrogens (tertiary/aromatic N) is 3. The zero-order chi connectivity index (χ0) is 21.0. The van der Waals surface area contributed by atoms with E-state index in [1.165, 1.54) is 11.8 Å². The van der Waals surface area contributed by atoms with Crippen LogP contribution in [0.3, 0.4) is 0 Å². The Kier molecular flexibility index (Phi) is 6.37. The van der Waals surface area contributed by atoms with Crippen molar-refractivity contribution in [3.8, 4) is 0 Å². The second-order valence-electron chi connectivity index (χ2n) is 7.65. The molecule has 0 spiro atoms. The molecular weight excluding hydrogens is 384 g/mol. The lowest BCUT2D eigenvalue weighted by Crippen LogP contribution is -2.46. The molecule has 2 heterocycles. The lowest BCUT2D eigenvalue weighted by Gasteiger charge is -2.26. The number of rotatable bonds is 7. The number of fused-ring (bicyclic) bond motifs is 1. The van der Waals surface area contributed by atoms with Crippen LogP contribution in [0.15, 0.2) is 58.7 Å². The summed E-state index contributed by atoms with van der Waals surface area (Å²) in [5.41, 5.74) is 1.13. The van der Waals surface area contributed by atoms with Crippen molar-refractivity contribution < 1.29 is 4.79 Å². The van der Waals surface area contributed by atoms with Gasteiger partial charge in [0.25, 0.3) is 5.56 Å². The van der Waals surface area contributed by atoms with Crippen LogP contribution >= 0.6 is 11.8 Å². The predicted octanol–water partition coefficient (Wildman–Crippen LogP) is 3.63. The molecule has 0 radical (unpaired) electrons. The van der Waals surface area contributed by atoms with Gasteiger partial charge in [-0.1, -0.05) is 36.9 Å². The number of nitrogens with one attached hydrogen (secondary N) is 1. The van der Waals surface area contributed by atoms with E-state index in [0.717, 1.165) is 12.0 Å². The van der Waals surface area contributed by atoms with Gasteiger partial charge in [0.2, 0.25) is 5.91 Å². The van der Waals surface area contributed by atoms with E-state index in [9.17, 15) is 9.59 Å². The van der Waals surface area contributed by atoms with Gasteiger partial charge in [-0.3, -0.25) is 19.1 Å². The molecule has 0 saturated carbocycles. The maximum Gasteiger partial charge on any atom is 0.262 e. The Morgan fingerprint density at radius 3 is 2.69 bits per heavy atom. The minimum atomic E-state index is -0.394. The minimum absolute atomic E-state index is 0.0721. The molecule has 6 nitrogen and oxygen atoms in total. The Balaban J connectivity index is 1.98. The van der Waals surface area contributed by atoms with Gasteiger partial charge in [0.15, 0.2) is 5.16 Å². The quantitative estimate of drug-likeness (QED) is 0.475. The molecule has 0 aliphatic rings. The Labute approximate surface area is 174 Å². The first-order chi connectivity index (χ1) is 13.8. The number of hydrogen-bond donors (Lipinski definition) is 1. The third-order valence-corrected chi connectivity index (χ3v) is 5.98. The highest BCUT2D eigenvalue weighted by Gasteiger charge is 2.24. The van der Waals surface area contributed by atoms with Crippen LogP contribution in [-0.4, -0.2) is 31.2 Å². The molecule has 0 aliphatic carbocycles. The van der Waals surface area contributed by atoms with Crippen LogP contribution in [0.4, 0.5) is 0 Å². The van der Waals surface area contributed by atoms with Crippen LogP contribution in [0.1, 0.15) is 39.7 Å². The maximum atomic E-state index is 13.2. The Bertz CT molecular complexity index is 1060. The largest absolute Gasteiger partial charge is 0.350 e. The molecule has 1 amide bonds. The van der Waals surface area contributed by atoms with Crippen LogP contribution < -0.4 is 10.9 Å². The molecule has 3 aromatic rings. The van der Waals surface area contributed by atoms with Crippen molar-refractivity contribution in [1.29, 1.82) is 0 Å². The zero-order valence-corrected chi connectivity index (χ0v) is 18.0. The van der Waals surface area contributed by atoms with E-state index in [1.807, 2.05) is 58.0 Å². The lowest BCUT2D eigenvalue weighted by molar-refractivity contribution is -0.121. The second-order valence-corrected chi connectivity index (χ2v) is 8.96. The standard InChI is InChI=1S/C22H26N4O2S/c1-5-22(3,4)25-19(27)15(2)29-21-24-18-11-7-6-10-17(18)20(28)26(21)14-16-9-8-12-23-13-16/h6-13,15H,5,14H2,1-4H3,(H,25,27). The Hall–Kier alpha value is -2.67. The number of para-hydroxylation sites is 1. The summed E-state index contributed by atoms with van der Waals surface area (Å²) < 4.78 is 1.62. The summed E-state index contributed by atoms with van der Waals surface area (Å²) in [5, 5.41) is 3.75. The van der Waals surface area contributed by atoms with Crippen LogP contribution in [0, 0.1) is 0 Å². The maximum absolute atomic E-state index is 13.2. The fourth-order valence-corrected chi connectivity index (χ4v) is 3.69. The van der Waals surface area contributed by atoms with Crippen molar-refractivity contribution in [3.05, 3.63) is 64.7 Å². The summed E-state index contributed by atoms with van der Waals surface area (Å²) in [5.74, 6) is -0.0721. The van der Waals surface area contributed by atoms with Gasteiger partial charge in [-0.2, -0.15) is 0 Å². The molecule has 0 saturated heterocycles. The Morgan fingerprint density at radius 2 is 2.00 bits per heavy atom. The fraction of sp³-hybridized carbons (Fsp3) is 0.364. The molecule has 3 rings (SSSR count). The summed E-state index contributed by atoms with van der Waals surface area (Å²) in [6.45, 7) is 8.21. The summed E-state index contributed by atoms with van der Waals surface area (Å²) in [6, 6.07) is 11.0. The molecule has 1 unspecified atom stereocenters. The molecule has 0 bridgehead atoms. The normalized spacial score (nSPS) is 12.7. The van der Waals surface area contributed by atoms with Crippen molar-refractivity contribution in [3.63, 3.8) is 0 Å². The zero-order valence-electron chi connectivity index (χ0n) is 17.2. The van der Waals surface area contributed by atoms with E-state index in [1.54, 1.807) is 23.0 Å². The first-order valence-corrected chi connectivity index (χ1v) is 10.6. The van der Waals surface area contributed by atoms with Crippen molar-refractivity contribution in [1.82, 2.24) is 19.9 Å². The number of carbonyl (C=O) groups excluding carboxylic acids is 1. The molecule has 7 heteroatoms. The lowest BCUT2D eigenvalue weighted by atomic mass is 10.0. The van der Waals surface area contributed by atoms with E-state index < -0.39 is 5.25 Å². The predicted molar refractivity (Wildman–Crippen MR) is 117 cm³/mol. The number of amides is 1. The van der Waals surface area contributed by atoms with Gasteiger partial charge in [-0.05, 0) is 51.0 Å². The number of benzene rings is 1. The van der Waals surface area contributed by atoms with E-state index in [0.29, 0.717) is 22.6 Å². The monoisotopic (exact) mass is 410 g/mol. The highest BCUT2D eigenvalue weighted by molar-refractivity contribution is 8.00. The summed E-state index contributed by atoms with van der Waals surface area (Å²) in [6.07, 6.45) is 4.26. The summed E-state index contributed by atoms with van der Waals surface area (Å²) in [7, 11) is 0. The fourth-order valence-electron chi connectivity index (χ4n) is 2.79. The van der Waals surface area contributed by atoms with E-state index in [-0.39, 0.29) is 17.0 Å². The highest BCUT2D eigenvalue weighted by atomic mass is 32.2. The topological polar surface area (TPSA) is 76.9 Å². The highest BCUT2D eigenvalue weighted by Crippen LogP contribution is 2.24. The van der Waals surface area contributed by atoms with Crippen LogP contribution in [-0.2, 0) is 11.3 Å². The average Bonchev–Trinajstić information content (AvgIpc) is 2.71. The third kappa shape index (κ3) is 5.03. The number of hydrogen-bond acceptors (Lipinski definition) is 5. The molecule has 0 aliphatic heterocycles. The van der Waals surface area contributed by atoms with Gasteiger partial charge in [0.1, 0.15) is 0 Å². The third-order valence-electron chi connectivity index (χ3n) is 4.89. The summed E-state index contributed by atoms with van der Waals surface area (Å²) in [4.78, 5) is 34.7. The van der Waals surface area contributed by atoms with Gasteiger partial charge in [0, 0.05) is 17.9 Å². The van der Waals surface area contributed by atoms with E-state index in [2.05, 4.69) is 10.3 Å². The first kappa shape index (κ1) is 21.0. The van der Waals surface area contributed by atoms with Crippen molar-refractivity contribution in [2.24, 2.45) is 0 Å². The smallest absolute Gasteiger partial charge is 0.262 e. The van der Waals surface area contributed by atoms with Gasteiger partial charge < -0.3 is 5.32 Å². The SMILES string of the molecule is CCC(C)(C)NC(=O)C(C)Sc1nc2ccccc2c(=O)n1Cc1cccnc1. The number of pyridine rings is 1. The molecule has 29 heavy (non-hydrogen) atoms. The van der Waals surface area contributed by atoms with Gasteiger partial charge >= 0.3 is 0 Å². The minimum Gasteiger partial charge on any atom is -0.350 e. The Morgan fingerprint density at radius 1 is 1.24 bits per heavy atom. The van der Waals surface area contributed by atoms with Crippen molar-refractivity contribution >= 4 is 28.6 Å². The van der Waals surface area contributed by atoms with Crippen LogP contribution in [0.25, 0.3) is 10.9 Å². The molecular formula is C22H26N4O2S. The molecule has 1 N–H and O–H groups in total. The van der Waals surface area contributed by atoms with E-state index >= 15 is 0 Å². The van der Waals surface area contributed by atoms with E-state index in [4.69, 9.17) is 4.98 Å². The molecule has 1 aromatic carbocycles. The second kappa shape index (κ2) is 8.78. The van der Waals surface area contributed by atoms with Gasteiger partial charge in [-0.25, -0.2) is 4.98 Å². The molecule has 2 aromatic heterocycles. The summed E-state index contributed by atoms with van der Waals surface area (Å²) >= 11 is 1.30. The average molecular weight is 411 g/mol. The molecule has 0 fully saturated rings.